The second-order valence-corrected chi connectivity index (χ2v) is 7.23. The van der Waals surface area contributed by atoms with Gasteiger partial charge in [-0.1, -0.05) is 24.6 Å². The van der Waals surface area contributed by atoms with Crippen molar-refractivity contribution in [1.29, 1.82) is 0 Å². The maximum Gasteiger partial charge on any atom is 0.253 e. The molecule has 0 unspecified atom stereocenters. The number of nitrogens with zero attached hydrogens (tertiary/aromatic N) is 2. The van der Waals surface area contributed by atoms with Crippen molar-refractivity contribution < 1.29 is 4.79 Å². The second kappa shape index (κ2) is 7.63. The maximum atomic E-state index is 12.5. The summed E-state index contributed by atoms with van der Waals surface area (Å²) in [6, 6.07) is 7.46. The summed E-state index contributed by atoms with van der Waals surface area (Å²) < 4.78 is 0.829. The molecule has 0 fully saturated rings. The molecular weight excluding hydrogens is 465 g/mol. The molecule has 0 bridgehead atoms. The molecule has 0 saturated carbocycles. The normalized spacial score (nSPS) is 10.8. The zero-order valence-electron chi connectivity index (χ0n) is 14.2. The molecule has 2 heterocycles. The Morgan fingerprint density at radius 1 is 1.38 bits per heavy atom. The predicted octanol–water partition coefficient (Wildman–Crippen LogP) is 3.90. The summed E-state index contributed by atoms with van der Waals surface area (Å²) >= 11 is 8.35. The van der Waals surface area contributed by atoms with Gasteiger partial charge in [-0.15, -0.1) is 0 Å². The Hall–Kier alpha value is -2.13. The smallest absolute Gasteiger partial charge is 0.253 e. The van der Waals surface area contributed by atoms with Gasteiger partial charge in [0.1, 0.15) is 5.69 Å². The third-order valence-electron chi connectivity index (χ3n) is 4.03. The predicted molar refractivity (Wildman–Crippen MR) is 112 cm³/mol. The van der Waals surface area contributed by atoms with E-state index in [-0.39, 0.29) is 11.9 Å². The molecule has 0 aliphatic rings. The first-order valence-corrected chi connectivity index (χ1v) is 9.42. The summed E-state index contributed by atoms with van der Waals surface area (Å²) in [5, 5.41) is 3.29. The highest BCUT2D eigenvalue weighted by Crippen LogP contribution is 2.33. The van der Waals surface area contributed by atoms with Crippen LogP contribution in [0.25, 0.3) is 22.6 Å². The number of hydrogen-bond donors (Lipinski definition) is 3. The van der Waals surface area contributed by atoms with Crippen LogP contribution in [0.5, 0.6) is 0 Å². The topological polar surface area (TPSA) is 96.7 Å². The fourth-order valence-corrected chi connectivity index (χ4v) is 3.49. The van der Waals surface area contributed by atoms with Crippen LogP contribution in [0, 0.1) is 3.57 Å². The number of rotatable bonds is 4. The van der Waals surface area contributed by atoms with E-state index >= 15 is 0 Å². The molecule has 3 rings (SSSR count). The van der Waals surface area contributed by atoms with E-state index in [2.05, 4.69) is 49.8 Å². The summed E-state index contributed by atoms with van der Waals surface area (Å²) in [5.74, 6) is -0.0170. The maximum absolute atomic E-state index is 12.5. The van der Waals surface area contributed by atoms with E-state index in [1.165, 1.54) is 0 Å². The molecule has 2 aromatic heterocycles. The molecule has 26 heavy (non-hydrogen) atoms. The summed E-state index contributed by atoms with van der Waals surface area (Å²) in [6.45, 7) is 2.06. The minimum Gasteiger partial charge on any atom is -0.368 e. The number of aromatic nitrogens is 3. The van der Waals surface area contributed by atoms with Crippen LogP contribution >= 0.6 is 34.2 Å². The zero-order valence-corrected chi connectivity index (χ0v) is 17.1. The first-order chi connectivity index (χ1) is 12.4. The van der Waals surface area contributed by atoms with Crippen LogP contribution in [-0.4, -0.2) is 27.9 Å². The van der Waals surface area contributed by atoms with E-state index in [0.717, 1.165) is 21.1 Å². The standard InChI is InChI=1S/C18H17ClIN5O/c1-3-9-4-5-10(19)6-11(9)15-12(17(26)22-2)7-14(24-15)16-13(20)8-23-18(21)25-16/h4-8,24H,3H2,1-2H3,(H,22,26)(H2,21,23,25). The van der Waals surface area contributed by atoms with Crippen molar-refractivity contribution in [2.45, 2.75) is 13.3 Å². The Kier molecular flexibility index (Phi) is 5.47. The van der Waals surface area contributed by atoms with Gasteiger partial charge in [0.05, 0.1) is 20.5 Å². The molecule has 134 valence electrons. The van der Waals surface area contributed by atoms with Crippen molar-refractivity contribution in [2.75, 3.05) is 12.8 Å². The van der Waals surface area contributed by atoms with Crippen LogP contribution in [0.3, 0.4) is 0 Å². The third kappa shape index (κ3) is 3.54. The molecule has 0 atom stereocenters. The lowest BCUT2D eigenvalue weighted by molar-refractivity contribution is 0.0964. The number of carbonyl (C=O) groups is 1. The molecule has 1 aromatic carbocycles. The number of benzene rings is 1. The Bertz CT molecular complexity index is 986. The van der Waals surface area contributed by atoms with Gasteiger partial charge in [0.15, 0.2) is 0 Å². The number of hydrogen-bond acceptors (Lipinski definition) is 4. The number of H-pyrrole nitrogens is 1. The number of nitrogens with one attached hydrogen (secondary N) is 2. The van der Waals surface area contributed by atoms with Crippen LogP contribution in [0.1, 0.15) is 22.8 Å². The van der Waals surface area contributed by atoms with Gasteiger partial charge in [-0.2, -0.15) is 0 Å². The van der Waals surface area contributed by atoms with E-state index in [1.807, 2.05) is 18.2 Å². The monoisotopic (exact) mass is 481 g/mol. The molecule has 4 N–H and O–H groups in total. The average Bonchev–Trinajstić information content (AvgIpc) is 3.08. The van der Waals surface area contributed by atoms with Gasteiger partial charge in [-0.3, -0.25) is 4.79 Å². The first kappa shape index (κ1) is 18.7. The highest BCUT2D eigenvalue weighted by atomic mass is 127. The van der Waals surface area contributed by atoms with E-state index in [9.17, 15) is 4.79 Å². The first-order valence-electron chi connectivity index (χ1n) is 7.96. The van der Waals surface area contributed by atoms with Gasteiger partial charge in [0.25, 0.3) is 5.91 Å². The number of aryl methyl sites for hydroxylation is 1. The Balaban J connectivity index is 2.26. The van der Waals surface area contributed by atoms with E-state index in [0.29, 0.717) is 27.7 Å². The molecule has 0 aliphatic heterocycles. The SMILES string of the molecule is CCc1ccc(Cl)cc1-c1[nH]c(-c2nc(N)ncc2I)cc1C(=O)NC. The lowest BCUT2D eigenvalue weighted by Crippen LogP contribution is -2.18. The number of amides is 1. The van der Waals surface area contributed by atoms with Crippen molar-refractivity contribution in [1.82, 2.24) is 20.3 Å². The number of aromatic amines is 1. The molecular formula is C18H17ClIN5O. The van der Waals surface area contributed by atoms with Crippen LogP contribution in [0.2, 0.25) is 5.02 Å². The molecule has 1 amide bonds. The molecule has 6 nitrogen and oxygen atoms in total. The average molecular weight is 482 g/mol. The molecule has 0 saturated heterocycles. The van der Waals surface area contributed by atoms with Crippen molar-refractivity contribution >= 4 is 46.0 Å². The van der Waals surface area contributed by atoms with Crippen LogP contribution in [0.4, 0.5) is 5.95 Å². The fourth-order valence-electron chi connectivity index (χ4n) is 2.77. The van der Waals surface area contributed by atoms with Gasteiger partial charge < -0.3 is 16.0 Å². The molecule has 0 spiro atoms. The molecule has 0 aliphatic carbocycles. The lowest BCUT2D eigenvalue weighted by Gasteiger charge is -2.09. The number of halogens is 2. The van der Waals surface area contributed by atoms with Crippen molar-refractivity contribution in [3.8, 4) is 22.6 Å². The third-order valence-corrected chi connectivity index (χ3v) is 5.05. The Labute approximate surface area is 169 Å². The van der Waals surface area contributed by atoms with E-state index in [4.69, 9.17) is 17.3 Å². The summed E-state index contributed by atoms with van der Waals surface area (Å²) in [5.41, 5.74) is 10.3. The minimum absolute atomic E-state index is 0.176. The van der Waals surface area contributed by atoms with Crippen LogP contribution < -0.4 is 11.1 Å². The fraction of sp³-hybridized carbons (Fsp3) is 0.167. The van der Waals surface area contributed by atoms with Crippen molar-refractivity contribution in [3.05, 3.63) is 50.2 Å². The van der Waals surface area contributed by atoms with E-state index in [1.54, 1.807) is 19.3 Å². The van der Waals surface area contributed by atoms with Crippen LogP contribution in [-0.2, 0) is 6.42 Å². The molecule has 3 aromatic rings. The number of nitrogen functional groups attached to an aromatic ring is 1. The summed E-state index contributed by atoms with van der Waals surface area (Å²) in [6.07, 6.45) is 2.46. The van der Waals surface area contributed by atoms with Gasteiger partial charge in [-0.05, 0) is 52.8 Å². The molecule has 0 radical (unpaired) electrons. The number of nitrogens with two attached hydrogens (primary N) is 1. The molecule has 8 heteroatoms. The second-order valence-electron chi connectivity index (χ2n) is 5.63. The minimum atomic E-state index is -0.193. The summed E-state index contributed by atoms with van der Waals surface area (Å²) in [7, 11) is 1.60. The lowest BCUT2D eigenvalue weighted by atomic mass is 10.00. The quantitative estimate of drug-likeness (QED) is 0.492. The number of anilines is 1. The highest BCUT2D eigenvalue weighted by Gasteiger charge is 2.20. The van der Waals surface area contributed by atoms with Gasteiger partial charge in [-0.25, -0.2) is 9.97 Å². The Morgan fingerprint density at radius 3 is 2.85 bits per heavy atom. The largest absolute Gasteiger partial charge is 0.368 e. The van der Waals surface area contributed by atoms with Gasteiger partial charge >= 0.3 is 0 Å². The van der Waals surface area contributed by atoms with Crippen molar-refractivity contribution in [3.63, 3.8) is 0 Å². The van der Waals surface area contributed by atoms with Crippen LogP contribution in [0.15, 0.2) is 30.5 Å². The highest BCUT2D eigenvalue weighted by molar-refractivity contribution is 14.1. The summed E-state index contributed by atoms with van der Waals surface area (Å²) in [4.78, 5) is 24.1. The Morgan fingerprint density at radius 2 is 2.15 bits per heavy atom. The van der Waals surface area contributed by atoms with E-state index < -0.39 is 0 Å². The number of carbonyl (C=O) groups excluding carboxylic acids is 1. The zero-order chi connectivity index (χ0) is 18.8. The van der Waals surface area contributed by atoms with Gasteiger partial charge in [0.2, 0.25) is 5.95 Å². The van der Waals surface area contributed by atoms with Crippen molar-refractivity contribution in [2.24, 2.45) is 0 Å². The van der Waals surface area contributed by atoms with Gasteiger partial charge in [0, 0.05) is 23.8 Å².